The van der Waals surface area contributed by atoms with Gasteiger partial charge in [0.15, 0.2) is 6.61 Å². The molecule has 0 fully saturated rings. The Morgan fingerprint density at radius 2 is 2.05 bits per heavy atom. The van der Waals surface area contributed by atoms with Crippen LogP contribution >= 0.6 is 0 Å². The van der Waals surface area contributed by atoms with Crippen LogP contribution in [0.5, 0.6) is 5.75 Å². The quantitative estimate of drug-likeness (QED) is 0.820. The largest absolute Gasteiger partial charge is 0.483 e. The lowest BCUT2D eigenvalue weighted by molar-refractivity contribution is -0.137. The molecule has 0 aliphatic carbocycles. The summed E-state index contributed by atoms with van der Waals surface area (Å²) < 4.78 is 5.43. The Hall–Kier alpha value is -2.04. The van der Waals surface area contributed by atoms with Crippen molar-refractivity contribution < 1.29 is 19.4 Å². The molecule has 104 valence electrons. The highest BCUT2D eigenvalue weighted by Gasteiger charge is 2.11. The number of carbonyl (C=O) groups is 2. The van der Waals surface area contributed by atoms with Crippen molar-refractivity contribution in [2.24, 2.45) is 0 Å². The third-order valence-corrected chi connectivity index (χ3v) is 2.59. The van der Waals surface area contributed by atoms with Gasteiger partial charge in [0.05, 0.1) is 6.42 Å². The Balaban J connectivity index is 2.46. The fourth-order valence-electron chi connectivity index (χ4n) is 1.64. The van der Waals surface area contributed by atoms with Crippen LogP contribution in [0.25, 0.3) is 0 Å². The molecule has 1 aromatic carbocycles. The van der Waals surface area contributed by atoms with Gasteiger partial charge in [-0.2, -0.15) is 0 Å². The van der Waals surface area contributed by atoms with E-state index in [4.69, 9.17) is 9.84 Å². The SMILES string of the molecule is Cc1ccc(C)c(OCC(=O)NC(C)CC(=O)O)c1. The summed E-state index contributed by atoms with van der Waals surface area (Å²) in [4.78, 5) is 22.0. The van der Waals surface area contributed by atoms with E-state index in [1.165, 1.54) is 0 Å². The number of carboxylic acids is 1. The minimum Gasteiger partial charge on any atom is -0.483 e. The van der Waals surface area contributed by atoms with Crippen molar-refractivity contribution in [2.75, 3.05) is 6.61 Å². The van der Waals surface area contributed by atoms with Crippen molar-refractivity contribution in [3.63, 3.8) is 0 Å². The van der Waals surface area contributed by atoms with Gasteiger partial charge >= 0.3 is 5.97 Å². The molecule has 0 aliphatic heterocycles. The van der Waals surface area contributed by atoms with Crippen LogP contribution in [0, 0.1) is 13.8 Å². The van der Waals surface area contributed by atoms with Gasteiger partial charge in [-0.3, -0.25) is 9.59 Å². The van der Waals surface area contributed by atoms with Crippen LogP contribution in [0.3, 0.4) is 0 Å². The maximum absolute atomic E-state index is 11.6. The number of aliphatic carboxylic acids is 1. The minimum atomic E-state index is -0.941. The Kier molecular flexibility index (Phi) is 5.36. The molecule has 1 rings (SSSR count). The highest BCUT2D eigenvalue weighted by molar-refractivity contribution is 5.78. The van der Waals surface area contributed by atoms with Gasteiger partial charge in [-0.1, -0.05) is 12.1 Å². The van der Waals surface area contributed by atoms with E-state index < -0.39 is 12.0 Å². The van der Waals surface area contributed by atoms with Crippen LogP contribution in [0.15, 0.2) is 18.2 Å². The molecule has 0 saturated carbocycles. The van der Waals surface area contributed by atoms with Crippen molar-refractivity contribution in [3.05, 3.63) is 29.3 Å². The van der Waals surface area contributed by atoms with Crippen LogP contribution in [0.1, 0.15) is 24.5 Å². The molecule has 1 unspecified atom stereocenters. The molecule has 1 amide bonds. The maximum atomic E-state index is 11.6. The molecule has 1 atom stereocenters. The van der Waals surface area contributed by atoms with Crippen molar-refractivity contribution in [3.8, 4) is 5.75 Å². The number of amides is 1. The molecule has 0 aliphatic rings. The number of aryl methyl sites for hydroxylation is 2. The molecule has 0 aromatic heterocycles. The Morgan fingerprint density at radius 1 is 1.37 bits per heavy atom. The Bertz CT molecular complexity index is 471. The van der Waals surface area contributed by atoms with Gasteiger partial charge in [-0.15, -0.1) is 0 Å². The molecular weight excluding hydrogens is 246 g/mol. The number of hydrogen-bond acceptors (Lipinski definition) is 3. The predicted octanol–water partition coefficient (Wildman–Crippen LogP) is 1.66. The van der Waals surface area contributed by atoms with Crippen LogP contribution in [0.4, 0.5) is 0 Å². The monoisotopic (exact) mass is 265 g/mol. The third kappa shape index (κ3) is 5.42. The number of hydrogen-bond donors (Lipinski definition) is 2. The standard InChI is InChI=1S/C14H19NO4/c1-9-4-5-10(2)12(6-9)19-8-13(16)15-11(3)7-14(17)18/h4-6,11H,7-8H2,1-3H3,(H,15,16)(H,17,18). The highest BCUT2D eigenvalue weighted by atomic mass is 16.5. The number of rotatable bonds is 6. The van der Waals surface area contributed by atoms with Gasteiger partial charge in [0, 0.05) is 6.04 Å². The number of ether oxygens (including phenoxy) is 1. The Morgan fingerprint density at radius 3 is 2.68 bits per heavy atom. The van der Waals surface area contributed by atoms with Crippen molar-refractivity contribution >= 4 is 11.9 Å². The summed E-state index contributed by atoms with van der Waals surface area (Å²) in [5.74, 6) is -0.598. The molecule has 2 N–H and O–H groups in total. The maximum Gasteiger partial charge on any atom is 0.305 e. The van der Waals surface area contributed by atoms with E-state index in [1.807, 2.05) is 32.0 Å². The van der Waals surface area contributed by atoms with E-state index in [2.05, 4.69) is 5.32 Å². The topological polar surface area (TPSA) is 75.6 Å². The van der Waals surface area contributed by atoms with Gasteiger partial charge in [-0.05, 0) is 38.0 Å². The van der Waals surface area contributed by atoms with Crippen LogP contribution < -0.4 is 10.1 Å². The summed E-state index contributed by atoms with van der Waals surface area (Å²) in [6, 6.07) is 5.35. The molecule has 0 bridgehead atoms. The van der Waals surface area contributed by atoms with Crippen molar-refractivity contribution in [2.45, 2.75) is 33.2 Å². The van der Waals surface area contributed by atoms with E-state index in [0.717, 1.165) is 11.1 Å². The smallest absolute Gasteiger partial charge is 0.305 e. The molecule has 5 nitrogen and oxygen atoms in total. The second-order valence-electron chi connectivity index (χ2n) is 4.62. The van der Waals surface area contributed by atoms with Gasteiger partial charge < -0.3 is 15.2 Å². The highest BCUT2D eigenvalue weighted by Crippen LogP contribution is 2.18. The molecule has 0 saturated heterocycles. The first-order valence-electron chi connectivity index (χ1n) is 6.09. The van der Waals surface area contributed by atoms with Gasteiger partial charge in [-0.25, -0.2) is 0 Å². The molecule has 0 spiro atoms. The summed E-state index contributed by atoms with van der Waals surface area (Å²) >= 11 is 0. The first kappa shape index (κ1) is 15.0. The lowest BCUT2D eigenvalue weighted by Gasteiger charge is -2.13. The summed E-state index contributed by atoms with van der Waals surface area (Å²) in [5.41, 5.74) is 2.01. The summed E-state index contributed by atoms with van der Waals surface area (Å²) in [6.07, 6.45) is -0.102. The first-order chi connectivity index (χ1) is 8.88. The van der Waals surface area contributed by atoms with Crippen LogP contribution in [-0.4, -0.2) is 29.6 Å². The van der Waals surface area contributed by atoms with E-state index >= 15 is 0 Å². The van der Waals surface area contributed by atoms with Crippen LogP contribution in [-0.2, 0) is 9.59 Å². The number of carboxylic acid groups (broad SMARTS) is 1. The van der Waals surface area contributed by atoms with Crippen LogP contribution in [0.2, 0.25) is 0 Å². The van der Waals surface area contributed by atoms with Crippen molar-refractivity contribution in [1.29, 1.82) is 0 Å². The lowest BCUT2D eigenvalue weighted by atomic mass is 10.1. The normalized spacial score (nSPS) is 11.7. The van der Waals surface area contributed by atoms with E-state index in [1.54, 1.807) is 6.92 Å². The zero-order chi connectivity index (χ0) is 14.4. The average molecular weight is 265 g/mol. The van der Waals surface area contributed by atoms with E-state index in [-0.39, 0.29) is 18.9 Å². The minimum absolute atomic E-state index is 0.102. The van der Waals surface area contributed by atoms with Gasteiger partial charge in [0.25, 0.3) is 5.91 Å². The Labute approximate surface area is 112 Å². The van der Waals surface area contributed by atoms with Gasteiger partial charge in [0.1, 0.15) is 5.75 Å². The van der Waals surface area contributed by atoms with E-state index in [0.29, 0.717) is 5.75 Å². The summed E-state index contributed by atoms with van der Waals surface area (Å²) in [7, 11) is 0. The predicted molar refractivity (Wildman–Crippen MR) is 71.3 cm³/mol. The van der Waals surface area contributed by atoms with Crippen molar-refractivity contribution in [1.82, 2.24) is 5.32 Å². The molecule has 5 heteroatoms. The summed E-state index contributed by atoms with van der Waals surface area (Å²) in [5, 5.41) is 11.2. The molecule has 1 aromatic rings. The zero-order valence-electron chi connectivity index (χ0n) is 11.4. The number of nitrogens with one attached hydrogen (secondary N) is 1. The molecule has 0 heterocycles. The lowest BCUT2D eigenvalue weighted by Crippen LogP contribution is -2.37. The fourth-order valence-corrected chi connectivity index (χ4v) is 1.64. The average Bonchev–Trinajstić information content (AvgIpc) is 2.29. The second-order valence-corrected chi connectivity index (χ2v) is 4.62. The molecule has 19 heavy (non-hydrogen) atoms. The zero-order valence-corrected chi connectivity index (χ0v) is 11.4. The third-order valence-electron chi connectivity index (χ3n) is 2.59. The second kappa shape index (κ2) is 6.78. The van der Waals surface area contributed by atoms with E-state index in [9.17, 15) is 9.59 Å². The number of benzene rings is 1. The first-order valence-corrected chi connectivity index (χ1v) is 6.09. The number of carbonyl (C=O) groups excluding carboxylic acids is 1. The molecular formula is C14H19NO4. The van der Waals surface area contributed by atoms with Gasteiger partial charge in [0.2, 0.25) is 0 Å². The summed E-state index contributed by atoms with van der Waals surface area (Å²) in [6.45, 7) is 5.37. The fraction of sp³-hybridized carbons (Fsp3) is 0.429. The molecule has 0 radical (unpaired) electrons.